The van der Waals surface area contributed by atoms with Crippen LogP contribution < -0.4 is 0 Å². The Labute approximate surface area is 145 Å². The van der Waals surface area contributed by atoms with Gasteiger partial charge < -0.3 is 5.11 Å². The van der Waals surface area contributed by atoms with Crippen molar-refractivity contribution >= 4 is 33.4 Å². The van der Waals surface area contributed by atoms with E-state index in [1.54, 1.807) is 11.8 Å². The van der Waals surface area contributed by atoms with Gasteiger partial charge in [-0.1, -0.05) is 54.6 Å². The van der Waals surface area contributed by atoms with Crippen molar-refractivity contribution in [2.75, 3.05) is 5.75 Å². The molecular weight excluding hydrogens is 314 g/mol. The third-order valence-corrected chi connectivity index (χ3v) is 5.31. The van der Waals surface area contributed by atoms with Crippen LogP contribution in [0.1, 0.15) is 11.7 Å². The highest BCUT2D eigenvalue weighted by Crippen LogP contribution is 2.30. The van der Waals surface area contributed by atoms with Gasteiger partial charge in [-0.15, -0.1) is 11.8 Å². The van der Waals surface area contributed by atoms with Crippen LogP contribution in [0.4, 0.5) is 0 Å². The van der Waals surface area contributed by atoms with Crippen molar-refractivity contribution in [3.8, 4) is 0 Å². The van der Waals surface area contributed by atoms with E-state index >= 15 is 0 Å². The quantitative estimate of drug-likeness (QED) is 0.521. The van der Waals surface area contributed by atoms with Crippen molar-refractivity contribution in [3.05, 3.63) is 84.6 Å². The lowest BCUT2D eigenvalue weighted by Gasteiger charge is -2.12. The van der Waals surface area contributed by atoms with Gasteiger partial charge in [-0.2, -0.15) is 0 Å². The minimum absolute atomic E-state index is 0.494. The Balaban J connectivity index is 1.55. The van der Waals surface area contributed by atoms with E-state index < -0.39 is 6.10 Å². The molecule has 0 aliphatic rings. The third kappa shape index (κ3) is 3.01. The Morgan fingerprint density at radius 2 is 1.67 bits per heavy atom. The van der Waals surface area contributed by atoms with E-state index in [9.17, 15) is 5.11 Å². The highest BCUT2D eigenvalue weighted by Gasteiger charge is 2.10. The predicted octanol–water partition coefficient (Wildman–Crippen LogP) is 5.21. The number of aliphatic hydroxyl groups excluding tert-OH is 1. The molecule has 0 amide bonds. The molecular formula is C21H17NOS. The number of thioether (sulfide) groups is 1. The Bertz CT molecular complexity index is 994. The molecule has 118 valence electrons. The van der Waals surface area contributed by atoms with Crippen LogP contribution in [0, 0.1) is 0 Å². The maximum absolute atomic E-state index is 10.6. The third-order valence-electron chi connectivity index (χ3n) is 4.16. The van der Waals surface area contributed by atoms with E-state index in [1.807, 2.05) is 48.7 Å². The standard InChI is InChI=1S/C21H17NOS/c23-20(17-10-9-15-5-1-2-6-16(15)13-17)14-24-21-11-12-22-19-8-4-3-7-18(19)21/h1-13,20,23H,14H2. The summed E-state index contributed by atoms with van der Waals surface area (Å²) in [5, 5.41) is 14.1. The van der Waals surface area contributed by atoms with Gasteiger partial charge in [-0.25, -0.2) is 0 Å². The second-order valence-electron chi connectivity index (χ2n) is 5.76. The molecule has 4 aromatic rings. The summed E-state index contributed by atoms with van der Waals surface area (Å²) in [6, 6.07) is 24.5. The number of aliphatic hydroxyl groups is 1. The molecule has 3 heteroatoms. The Hall–Kier alpha value is -2.36. The molecule has 1 atom stereocenters. The number of benzene rings is 3. The van der Waals surface area contributed by atoms with Crippen LogP contribution in [0.2, 0.25) is 0 Å². The maximum Gasteiger partial charge on any atom is 0.0884 e. The van der Waals surface area contributed by atoms with Gasteiger partial charge in [-0.3, -0.25) is 4.98 Å². The molecule has 0 aliphatic carbocycles. The summed E-state index contributed by atoms with van der Waals surface area (Å²) >= 11 is 1.67. The first-order chi connectivity index (χ1) is 11.8. The first kappa shape index (κ1) is 15.2. The lowest BCUT2D eigenvalue weighted by molar-refractivity contribution is 0.204. The van der Waals surface area contributed by atoms with Gasteiger partial charge in [0.2, 0.25) is 0 Å². The second kappa shape index (κ2) is 6.63. The number of pyridine rings is 1. The second-order valence-corrected chi connectivity index (χ2v) is 6.82. The van der Waals surface area contributed by atoms with Crippen molar-refractivity contribution in [3.63, 3.8) is 0 Å². The fraction of sp³-hybridized carbons (Fsp3) is 0.0952. The van der Waals surface area contributed by atoms with Gasteiger partial charge in [0.1, 0.15) is 0 Å². The zero-order valence-corrected chi connectivity index (χ0v) is 13.9. The van der Waals surface area contributed by atoms with Crippen LogP contribution in [0.3, 0.4) is 0 Å². The normalized spacial score (nSPS) is 12.5. The molecule has 1 unspecified atom stereocenters. The molecule has 4 rings (SSSR count). The Morgan fingerprint density at radius 1 is 0.875 bits per heavy atom. The molecule has 1 N–H and O–H groups in total. The first-order valence-electron chi connectivity index (χ1n) is 7.94. The first-order valence-corrected chi connectivity index (χ1v) is 8.93. The Kier molecular flexibility index (Phi) is 4.20. The van der Waals surface area contributed by atoms with Crippen LogP contribution in [0.15, 0.2) is 83.9 Å². The van der Waals surface area contributed by atoms with Crippen LogP contribution in [0.5, 0.6) is 0 Å². The van der Waals surface area contributed by atoms with E-state index in [1.165, 1.54) is 5.39 Å². The molecule has 24 heavy (non-hydrogen) atoms. The molecule has 2 nitrogen and oxygen atoms in total. The summed E-state index contributed by atoms with van der Waals surface area (Å²) in [6.45, 7) is 0. The SMILES string of the molecule is OC(CSc1ccnc2ccccc12)c1ccc2ccccc2c1. The number of nitrogens with zero attached hydrogens (tertiary/aromatic N) is 1. The summed E-state index contributed by atoms with van der Waals surface area (Å²) in [5.74, 6) is 0.617. The van der Waals surface area contributed by atoms with E-state index in [0.29, 0.717) is 5.75 Å². The molecule has 0 aliphatic heterocycles. The molecule has 0 bridgehead atoms. The summed E-state index contributed by atoms with van der Waals surface area (Å²) in [7, 11) is 0. The summed E-state index contributed by atoms with van der Waals surface area (Å²) in [4.78, 5) is 5.54. The average Bonchev–Trinajstić information content (AvgIpc) is 2.65. The van der Waals surface area contributed by atoms with Crippen molar-refractivity contribution in [1.29, 1.82) is 0 Å². The van der Waals surface area contributed by atoms with Crippen molar-refractivity contribution in [1.82, 2.24) is 4.98 Å². The van der Waals surface area contributed by atoms with Gasteiger partial charge in [0, 0.05) is 22.2 Å². The smallest absolute Gasteiger partial charge is 0.0884 e. The lowest BCUT2D eigenvalue weighted by Crippen LogP contribution is -2.00. The lowest BCUT2D eigenvalue weighted by atomic mass is 10.0. The van der Waals surface area contributed by atoms with Crippen molar-refractivity contribution in [2.24, 2.45) is 0 Å². The minimum Gasteiger partial charge on any atom is -0.388 e. The fourth-order valence-corrected chi connectivity index (χ4v) is 3.89. The number of rotatable bonds is 4. The topological polar surface area (TPSA) is 33.1 Å². The van der Waals surface area contributed by atoms with E-state index in [2.05, 4.69) is 35.3 Å². The number of fused-ring (bicyclic) bond motifs is 2. The summed E-state index contributed by atoms with van der Waals surface area (Å²) in [6.07, 6.45) is 1.33. The van der Waals surface area contributed by atoms with Crippen LogP contribution in [-0.2, 0) is 0 Å². The minimum atomic E-state index is -0.494. The molecule has 0 radical (unpaired) electrons. The molecule has 0 fully saturated rings. The van der Waals surface area contributed by atoms with Crippen LogP contribution in [-0.4, -0.2) is 15.8 Å². The highest BCUT2D eigenvalue weighted by atomic mass is 32.2. The monoisotopic (exact) mass is 331 g/mol. The van der Waals surface area contributed by atoms with Gasteiger partial charge in [-0.05, 0) is 34.5 Å². The predicted molar refractivity (Wildman–Crippen MR) is 101 cm³/mol. The van der Waals surface area contributed by atoms with Gasteiger partial charge in [0.15, 0.2) is 0 Å². The van der Waals surface area contributed by atoms with Crippen LogP contribution in [0.25, 0.3) is 21.7 Å². The molecule has 0 saturated heterocycles. The van der Waals surface area contributed by atoms with E-state index in [4.69, 9.17) is 0 Å². The van der Waals surface area contributed by atoms with E-state index in [0.717, 1.165) is 26.7 Å². The zero-order chi connectivity index (χ0) is 16.4. The average molecular weight is 331 g/mol. The van der Waals surface area contributed by atoms with Crippen molar-refractivity contribution in [2.45, 2.75) is 11.0 Å². The number of hydrogen-bond acceptors (Lipinski definition) is 3. The fourth-order valence-electron chi connectivity index (χ4n) is 2.88. The van der Waals surface area contributed by atoms with Gasteiger partial charge in [0.05, 0.1) is 11.6 Å². The molecule has 1 heterocycles. The van der Waals surface area contributed by atoms with Gasteiger partial charge in [0.25, 0.3) is 0 Å². The summed E-state index contributed by atoms with van der Waals surface area (Å²) < 4.78 is 0. The molecule has 3 aromatic carbocycles. The molecule has 0 saturated carbocycles. The zero-order valence-electron chi connectivity index (χ0n) is 13.1. The molecule has 0 spiro atoms. The maximum atomic E-state index is 10.6. The number of para-hydroxylation sites is 1. The highest BCUT2D eigenvalue weighted by molar-refractivity contribution is 7.99. The molecule has 1 aromatic heterocycles. The number of hydrogen-bond donors (Lipinski definition) is 1. The number of aromatic nitrogens is 1. The van der Waals surface area contributed by atoms with Crippen molar-refractivity contribution < 1.29 is 5.11 Å². The van der Waals surface area contributed by atoms with E-state index in [-0.39, 0.29) is 0 Å². The van der Waals surface area contributed by atoms with Crippen LogP contribution >= 0.6 is 11.8 Å². The van der Waals surface area contributed by atoms with Gasteiger partial charge >= 0.3 is 0 Å². The largest absolute Gasteiger partial charge is 0.388 e. The Morgan fingerprint density at radius 3 is 2.58 bits per heavy atom. The summed E-state index contributed by atoms with van der Waals surface area (Å²) in [5.41, 5.74) is 1.95.